The maximum atomic E-state index is 14.2. The van der Waals surface area contributed by atoms with Gasteiger partial charge in [-0.25, -0.2) is 14.4 Å². The van der Waals surface area contributed by atoms with Gasteiger partial charge in [0.2, 0.25) is 5.91 Å². The maximum absolute atomic E-state index is 14.2. The van der Waals surface area contributed by atoms with Crippen molar-refractivity contribution in [3.05, 3.63) is 59.9 Å². The minimum Gasteiger partial charge on any atom is -0.375 e. The van der Waals surface area contributed by atoms with E-state index in [1.165, 1.54) is 12.4 Å². The summed E-state index contributed by atoms with van der Waals surface area (Å²) in [7, 11) is 0. The smallest absolute Gasteiger partial charge is 0.233 e. The van der Waals surface area contributed by atoms with Gasteiger partial charge in [0.25, 0.3) is 0 Å². The standard InChI is InChI=1S/C20H22FN3O2/c21-18-4-2-1-3-17(18)20(8-9-20)19(25)24-11-12-26-16(13-24)6-5-15-7-10-22-14-23-15/h1-4,7,10,14,16H,5-6,8-9,11-13H2/t16-/m1/s1. The average molecular weight is 355 g/mol. The van der Waals surface area contributed by atoms with Crippen molar-refractivity contribution < 1.29 is 13.9 Å². The van der Waals surface area contributed by atoms with Gasteiger partial charge in [-0.05, 0) is 37.8 Å². The first-order chi connectivity index (χ1) is 12.7. The molecule has 1 aliphatic heterocycles. The number of rotatable bonds is 5. The van der Waals surface area contributed by atoms with Gasteiger partial charge in [-0.2, -0.15) is 0 Å². The fraction of sp³-hybridized carbons (Fsp3) is 0.450. The summed E-state index contributed by atoms with van der Waals surface area (Å²) in [6, 6.07) is 8.54. The Morgan fingerprint density at radius 3 is 2.88 bits per heavy atom. The van der Waals surface area contributed by atoms with Gasteiger partial charge in [-0.3, -0.25) is 4.79 Å². The summed E-state index contributed by atoms with van der Waals surface area (Å²) in [5.74, 6) is -0.246. The molecule has 1 amide bonds. The Morgan fingerprint density at radius 1 is 1.31 bits per heavy atom. The lowest BCUT2D eigenvalue weighted by Crippen LogP contribution is -2.49. The highest BCUT2D eigenvalue weighted by atomic mass is 19.1. The van der Waals surface area contributed by atoms with Crippen LogP contribution in [0.5, 0.6) is 0 Å². The van der Waals surface area contributed by atoms with Crippen LogP contribution in [-0.2, 0) is 21.4 Å². The second-order valence-electron chi connectivity index (χ2n) is 7.05. The molecule has 2 fully saturated rings. The number of nitrogens with zero attached hydrogens (tertiary/aromatic N) is 3. The van der Waals surface area contributed by atoms with E-state index in [0.717, 1.165) is 31.4 Å². The van der Waals surface area contributed by atoms with Gasteiger partial charge in [0.1, 0.15) is 12.1 Å². The van der Waals surface area contributed by atoms with E-state index in [2.05, 4.69) is 9.97 Å². The van der Waals surface area contributed by atoms with Crippen molar-refractivity contribution in [1.82, 2.24) is 14.9 Å². The number of aromatic nitrogens is 2. The summed E-state index contributed by atoms with van der Waals surface area (Å²) in [6.07, 6.45) is 6.27. The fourth-order valence-corrected chi connectivity index (χ4v) is 3.73. The molecular formula is C20H22FN3O2. The third kappa shape index (κ3) is 3.33. The molecule has 136 valence electrons. The quantitative estimate of drug-likeness (QED) is 0.827. The van der Waals surface area contributed by atoms with Gasteiger partial charge >= 0.3 is 0 Å². The third-order valence-corrected chi connectivity index (χ3v) is 5.34. The summed E-state index contributed by atoms with van der Waals surface area (Å²) >= 11 is 0. The molecule has 26 heavy (non-hydrogen) atoms. The number of carbonyl (C=O) groups is 1. The van der Waals surface area contributed by atoms with E-state index in [-0.39, 0.29) is 17.8 Å². The molecule has 4 rings (SSSR count). The molecule has 1 saturated carbocycles. The normalized spacial score (nSPS) is 21.4. The van der Waals surface area contributed by atoms with E-state index in [1.54, 1.807) is 24.4 Å². The van der Waals surface area contributed by atoms with Gasteiger partial charge < -0.3 is 9.64 Å². The van der Waals surface area contributed by atoms with Gasteiger partial charge in [0.05, 0.1) is 18.1 Å². The van der Waals surface area contributed by atoms with Gasteiger partial charge in [0, 0.05) is 30.5 Å². The van der Waals surface area contributed by atoms with Crippen LogP contribution in [0.3, 0.4) is 0 Å². The Labute approximate surface area is 152 Å². The zero-order chi connectivity index (χ0) is 18.0. The van der Waals surface area contributed by atoms with E-state index >= 15 is 0 Å². The predicted molar refractivity (Wildman–Crippen MR) is 94.0 cm³/mol. The molecular weight excluding hydrogens is 333 g/mol. The van der Waals surface area contributed by atoms with E-state index in [4.69, 9.17) is 4.74 Å². The minimum atomic E-state index is -0.667. The highest BCUT2D eigenvalue weighted by Crippen LogP contribution is 2.50. The zero-order valence-corrected chi connectivity index (χ0v) is 14.6. The molecule has 0 N–H and O–H groups in total. The molecule has 1 aromatic heterocycles. The fourth-order valence-electron chi connectivity index (χ4n) is 3.73. The second kappa shape index (κ2) is 7.11. The van der Waals surface area contributed by atoms with Crippen LogP contribution >= 0.6 is 0 Å². The maximum Gasteiger partial charge on any atom is 0.233 e. The molecule has 5 nitrogen and oxygen atoms in total. The first-order valence-electron chi connectivity index (χ1n) is 9.10. The molecule has 0 bridgehead atoms. The predicted octanol–water partition coefficient (Wildman–Crippen LogP) is 2.51. The first kappa shape index (κ1) is 17.1. The second-order valence-corrected chi connectivity index (χ2v) is 7.05. The number of amides is 1. The van der Waals surface area contributed by atoms with Crippen LogP contribution in [0, 0.1) is 5.82 Å². The van der Waals surface area contributed by atoms with Crippen molar-refractivity contribution >= 4 is 5.91 Å². The van der Waals surface area contributed by atoms with Crippen molar-refractivity contribution in [2.24, 2.45) is 0 Å². The topological polar surface area (TPSA) is 55.3 Å². The van der Waals surface area contributed by atoms with Crippen LogP contribution in [0.1, 0.15) is 30.5 Å². The van der Waals surface area contributed by atoms with Crippen LogP contribution in [0.15, 0.2) is 42.9 Å². The molecule has 1 atom stereocenters. The summed E-state index contributed by atoms with van der Waals surface area (Å²) in [5, 5.41) is 0. The van der Waals surface area contributed by atoms with Crippen molar-refractivity contribution in [3.8, 4) is 0 Å². The van der Waals surface area contributed by atoms with E-state index in [0.29, 0.717) is 25.3 Å². The van der Waals surface area contributed by atoms with E-state index < -0.39 is 5.41 Å². The lowest BCUT2D eigenvalue weighted by atomic mass is 9.93. The number of morpholine rings is 1. The number of ether oxygens (including phenoxy) is 1. The highest BCUT2D eigenvalue weighted by Gasteiger charge is 2.54. The van der Waals surface area contributed by atoms with Crippen LogP contribution in [0.2, 0.25) is 0 Å². The van der Waals surface area contributed by atoms with Crippen LogP contribution in [0.4, 0.5) is 4.39 Å². The minimum absolute atomic E-state index is 0.0147. The van der Waals surface area contributed by atoms with Crippen molar-refractivity contribution in [2.45, 2.75) is 37.2 Å². The highest BCUT2D eigenvalue weighted by molar-refractivity contribution is 5.91. The third-order valence-electron chi connectivity index (χ3n) is 5.34. The van der Waals surface area contributed by atoms with Crippen LogP contribution < -0.4 is 0 Å². The van der Waals surface area contributed by atoms with E-state index in [1.807, 2.05) is 11.0 Å². The Kier molecular flexibility index (Phi) is 4.68. The number of hydrogen-bond donors (Lipinski definition) is 0. The molecule has 0 spiro atoms. The molecule has 1 aromatic carbocycles. The lowest BCUT2D eigenvalue weighted by Gasteiger charge is -2.35. The van der Waals surface area contributed by atoms with Gasteiger partial charge in [-0.1, -0.05) is 18.2 Å². The Morgan fingerprint density at radius 2 is 2.15 bits per heavy atom. The number of benzene rings is 1. The average Bonchev–Trinajstić information content (AvgIpc) is 3.49. The summed E-state index contributed by atoms with van der Waals surface area (Å²) < 4.78 is 20.1. The van der Waals surface area contributed by atoms with Crippen LogP contribution in [0.25, 0.3) is 0 Å². The molecule has 2 heterocycles. The summed E-state index contributed by atoms with van der Waals surface area (Å²) in [4.78, 5) is 23.1. The van der Waals surface area contributed by atoms with Crippen molar-refractivity contribution in [1.29, 1.82) is 0 Å². The number of aryl methyl sites for hydroxylation is 1. The monoisotopic (exact) mass is 355 g/mol. The molecule has 1 aliphatic carbocycles. The Bertz CT molecular complexity index is 780. The Hall–Kier alpha value is -2.34. The number of carbonyl (C=O) groups excluding carboxylic acids is 1. The number of hydrogen-bond acceptors (Lipinski definition) is 4. The largest absolute Gasteiger partial charge is 0.375 e. The number of halogens is 1. The molecule has 6 heteroatoms. The molecule has 1 saturated heterocycles. The molecule has 0 radical (unpaired) electrons. The SMILES string of the molecule is O=C(N1CCO[C@H](CCc2ccncn2)C1)C1(c2ccccc2F)CC1. The lowest BCUT2D eigenvalue weighted by molar-refractivity contribution is -0.141. The summed E-state index contributed by atoms with van der Waals surface area (Å²) in [5.41, 5.74) is 0.839. The molecule has 0 unspecified atom stereocenters. The summed E-state index contributed by atoms with van der Waals surface area (Å²) in [6.45, 7) is 1.65. The Balaban J connectivity index is 1.41. The van der Waals surface area contributed by atoms with Gasteiger partial charge in [-0.15, -0.1) is 0 Å². The van der Waals surface area contributed by atoms with Crippen molar-refractivity contribution in [3.63, 3.8) is 0 Å². The van der Waals surface area contributed by atoms with E-state index in [9.17, 15) is 9.18 Å². The van der Waals surface area contributed by atoms with Crippen LogP contribution in [-0.4, -0.2) is 46.6 Å². The van der Waals surface area contributed by atoms with Crippen molar-refractivity contribution in [2.75, 3.05) is 19.7 Å². The van der Waals surface area contributed by atoms with Gasteiger partial charge in [0.15, 0.2) is 0 Å². The molecule has 2 aromatic rings. The molecule has 2 aliphatic rings. The first-order valence-corrected chi connectivity index (χ1v) is 9.10. The zero-order valence-electron chi connectivity index (χ0n) is 14.6.